The Morgan fingerprint density at radius 2 is 1.76 bits per heavy atom. The molecule has 110 valence electrons. The fraction of sp³-hybridized carbons (Fsp3) is 0.235. The summed E-state index contributed by atoms with van der Waals surface area (Å²) >= 11 is 0. The third-order valence-corrected chi connectivity index (χ3v) is 3.18. The van der Waals surface area contributed by atoms with Gasteiger partial charge < -0.3 is 15.8 Å². The Bertz CT molecular complexity index is 626. The number of nitrogens with one attached hydrogen (secondary N) is 1. The van der Waals surface area contributed by atoms with E-state index in [0.717, 1.165) is 12.0 Å². The molecular formula is C17H20N2O2. The fourth-order valence-corrected chi connectivity index (χ4v) is 2.07. The molecule has 0 saturated heterocycles. The van der Waals surface area contributed by atoms with Gasteiger partial charge in [-0.3, -0.25) is 4.79 Å². The number of hydrogen-bond donors (Lipinski definition) is 2. The number of nitrogens with two attached hydrogens (primary N) is 1. The van der Waals surface area contributed by atoms with Gasteiger partial charge in [-0.05, 0) is 24.6 Å². The van der Waals surface area contributed by atoms with Gasteiger partial charge in [-0.1, -0.05) is 37.3 Å². The topological polar surface area (TPSA) is 64.3 Å². The van der Waals surface area contributed by atoms with Gasteiger partial charge in [0.25, 0.3) is 0 Å². The van der Waals surface area contributed by atoms with E-state index < -0.39 is 0 Å². The van der Waals surface area contributed by atoms with Crippen LogP contribution in [0.3, 0.4) is 0 Å². The van der Waals surface area contributed by atoms with Crippen LogP contribution in [0.25, 0.3) is 0 Å². The van der Waals surface area contributed by atoms with E-state index in [-0.39, 0.29) is 11.9 Å². The second kappa shape index (κ2) is 6.90. The standard InChI is InChI=1S/C17H20N2O2/c1-3-14(18)13-8-4-6-10-16(13)21-17-11-7-5-9-15(17)19-12(2)20/h4-11,14H,3,18H2,1-2H3,(H,19,20). The van der Waals surface area contributed by atoms with Gasteiger partial charge in [-0.15, -0.1) is 0 Å². The lowest BCUT2D eigenvalue weighted by Crippen LogP contribution is -2.10. The van der Waals surface area contributed by atoms with Crippen molar-refractivity contribution < 1.29 is 9.53 Å². The number of benzene rings is 2. The van der Waals surface area contributed by atoms with E-state index >= 15 is 0 Å². The number of carbonyl (C=O) groups is 1. The average Bonchev–Trinajstić information content (AvgIpc) is 2.48. The minimum atomic E-state index is -0.135. The third kappa shape index (κ3) is 3.83. The maximum absolute atomic E-state index is 11.3. The Kier molecular flexibility index (Phi) is 4.95. The summed E-state index contributed by atoms with van der Waals surface area (Å²) in [7, 11) is 0. The average molecular weight is 284 g/mol. The van der Waals surface area contributed by atoms with Crippen LogP contribution in [-0.2, 0) is 4.79 Å². The minimum absolute atomic E-state index is 0.0749. The van der Waals surface area contributed by atoms with Crippen molar-refractivity contribution in [2.75, 3.05) is 5.32 Å². The molecule has 1 atom stereocenters. The molecule has 0 aliphatic heterocycles. The van der Waals surface area contributed by atoms with Crippen LogP contribution in [0.4, 0.5) is 5.69 Å². The maximum Gasteiger partial charge on any atom is 0.221 e. The Balaban J connectivity index is 2.33. The molecule has 4 heteroatoms. The highest BCUT2D eigenvalue weighted by atomic mass is 16.5. The highest BCUT2D eigenvalue weighted by molar-refractivity contribution is 5.90. The monoisotopic (exact) mass is 284 g/mol. The summed E-state index contributed by atoms with van der Waals surface area (Å²) in [5, 5.41) is 2.76. The predicted octanol–water partition coefficient (Wildman–Crippen LogP) is 3.85. The molecular weight excluding hydrogens is 264 g/mol. The van der Waals surface area contributed by atoms with Crippen LogP contribution in [0.2, 0.25) is 0 Å². The Morgan fingerprint density at radius 3 is 2.43 bits per heavy atom. The fourth-order valence-electron chi connectivity index (χ4n) is 2.07. The van der Waals surface area contributed by atoms with Gasteiger partial charge in [0.2, 0.25) is 5.91 Å². The molecule has 0 spiro atoms. The summed E-state index contributed by atoms with van der Waals surface area (Å²) in [6.07, 6.45) is 0.827. The van der Waals surface area contributed by atoms with Crippen molar-refractivity contribution in [3.8, 4) is 11.5 Å². The molecule has 0 fully saturated rings. The van der Waals surface area contributed by atoms with Gasteiger partial charge in [0.1, 0.15) is 5.75 Å². The lowest BCUT2D eigenvalue weighted by atomic mass is 10.0. The summed E-state index contributed by atoms with van der Waals surface area (Å²) in [6, 6.07) is 15.0. The molecule has 2 aromatic carbocycles. The third-order valence-electron chi connectivity index (χ3n) is 3.18. The summed E-state index contributed by atoms with van der Waals surface area (Å²) in [4.78, 5) is 11.3. The van der Waals surface area contributed by atoms with Crippen molar-refractivity contribution in [1.29, 1.82) is 0 Å². The molecule has 0 radical (unpaired) electrons. The van der Waals surface area contributed by atoms with E-state index in [9.17, 15) is 4.79 Å². The van der Waals surface area contributed by atoms with Crippen molar-refractivity contribution in [3.63, 3.8) is 0 Å². The first-order chi connectivity index (χ1) is 10.1. The second-order valence-electron chi connectivity index (χ2n) is 4.83. The van der Waals surface area contributed by atoms with E-state index in [1.165, 1.54) is 6.92 Å². The molecule has 1 unspecified atom stereocenters. The quantitative estimate of drug-likeness (QED) is 0.876. The van der Waals surface area contributed by atoms with Crippen molar-refractivity contribution in [3.05, 3.63) is 54.1 Å². The minimum Gasteiger partial charge on any atom is -0.455 e. The Morgan fingerprint density at radius 1 is 1.14 bits per heavy atom. The molecule has 3 N–H and O–H groups in total. The highest BCUT2D eigenvalue weighted by Crippen LogP contribution is 2.33. The molecule has 0 aliphatic carbocycles. The first-order valence-electron chi connectivity index (χ1n) is 7.00. The molecule has 0 heterocycles. The molecule has 0 aromatic heterocycles. The van der Waals surface area contributed by atoms with Gasteiger partial charge in [0, 0.05) is 18.5 Å². The van der Waals surface area contributed by atoms with Crippen LogP contribution < -0.4 is 15.8 Å². The van der Waals surface area contributed by atoms with Crippen molar-refractivity contribution in [2.45, 2.75) is 26.3 Å². The van der Waals surface area contributed by atoms with Gasteiger partial charge in [0.15, 0.2) is 5.75 Å². The number of para-hydroxylation sites is 3. The zero-order valence-electron chi connectivity index (χ0n) is 12.3. The van der Waals surface area contributed by atoms with E-state index in [1.54, 1.807) is 6.07 Å². The molecule has 0 bridgehead atoms. The van der Waals surface area contributed by atoms with Crippen LogP contribution in [0.15, 0.2) is 48.5 Å². The van der Waals surface area contributed by atoms with Gasteiger partial charge in [-0.25, -0.2) is 0 Å². The summed E-state index contributed by atoms with van der Waals surface area (Å²) < 4.78 is 5.97. The van der Waals surface area contributed by atoms with Gasteiger partial charge >= 0.3 is 0 Å². The molecule has 4 nitrogen and oxygen atoms in total. The van der Waals surface area contributed by atoms with Crippen LogP contribution in [-0.4, -0.2) is 5.91 Å². The van der Waals surface area contributed by atoms with Crippen molar-refractivity contribution in [1.82, 2.24) is 0 Å². The normalized spacial score (nSPS) is 11.8. The zero-order chi connectivity index (χ0) is 15.2. The van der Waals surface area contributed by atoms with E-state index in [2.05, 4.69) is 5.32 Å². The SMILES string of the molecule is CCC(N)c1ccccc1Oc1ccccc1NC(C)=O. The Labute approximate surface area is 124 Å². The first-order valence-corrected chi connectivity index (χ1v) is 7.00. The lowest BCUT2D eigenvalue weighted by molar-refractivity contribution is -0.114. The number of carbonyl (C=O) groups excluding carboxylic acids is 1. The van der Waals surface area contributed by atoms with E-state index in [0.29, 0.717) is 17.2 Å². The smallest absolute Gasteiger partial charge is 0.221 e. The second-order valence-corrected chi connectivity index (χ2v) is 4.83. The number of ether oxygens (including phenoxy) is 1. The highest BCUT2D eigenvalue weighted by Gasteiger charge is 2.12. The van der Waals surface area contributed by atoms with Crippen LogP contribution >= 0.6 is 0 Å². The molecule has 21 heavy (non-hydrogen) atoms. The van der Waals surface area contributed by atoms with Crippen molar-refractivity contribution in [2.24, 2.45) is 5.73 Å². The molecule has 1 amide bonds. The first kappa shape index (κ1) is 15.1. The van der Waals surface area contributed by atoms with Crippen molar-refractivity contribution >= 4 is 11.6 Å². The molecule has 2 aromatic rings. The summed E-state index contributed by atoms with van der Waals surface area (Å²) in [5.74, 6) is 1.18. The number of rotatable bonds is 5. The summed E-state index contributed by atoms with van der Waals surface area (Å²) in [5.41, 5.74) is 7.72. The zero-order valence-corrected chi connectivity index (χ0v) is 12.3. The van der Waals surface area contributed by atoms with E-state index in [4.69, 9.17) is 10.5 Å². The van der Waals surface area contributed by atoms with E-state index in [1.807, 2.05) is 49.4 Å². The molecule has 0 saturated carbocycles. The molecule has 0 aliphatic rings. The van der Waals surface area contributed by atoms with Crippen LogP contribution in [0.5, 0.6) is 11.5 Å². The predicted molar refractivity (Wildman–Crippen MR) is 84.5 cm³/mol. The van der Waals surface area contributed by atoms with Crippen LogP contribution in [0.1, 0.15) is 31.9 Å². The Hall–Kier alpha value is -2.33. The van der Waals surface area contributed by atoms with Crippen LogP contribution in [0, 0.1) is 0 Å². The molecule has 2 rings (SSSR count). The number of amides is 1. The maximum atomic E-state index is 11.3. The summed E-state index contributed by atoms with van der Waals surface area (Å²) in [6.45, 7) is 3.50. The van der Waals surface area contributed by atoms with Gasteiger partial charge in [-0.2, -0.15) is 0 Å². The number of hydrogen-bond acceptors (Lipinski definition) is 3. The largest absolute Gasteiger partial charge is 0.455 e. The number of anilines is 1. The lowest BCUT2D eigenvalue weighted by Gasteiger charge is -2.17. The van der Waals surface area contributed by atoms with Gasteiger partial charge in [0.05, 0.1) is 5.69 Å².